The van der Waals surface area contributed by atoms with Gasteiger partial charge in [-0.15, -0.1) is 0 Å². The molecule has 0 radical (unpaired) electrons. The minimum absolute atomic E-state index is 0. The minimum Gasteiger partial charge on any atom is -0.444 e. The minimum atomic E-state index is -1.35. The van der Waals surface area contributed by atoms with Crippen LogP contribution in [0.5, 0.6) is 0 Å². The summed E-state index contributed by atoms with van der Waals surface area (Å²) in [5.74, 6) is -5.44. The van der Waals surface area contributed by atoms with Crippen LogP contribution in [0.15, 0.2) is 24.3 Å². The van der Waals surface area contributed by atoms with E-state index in [1.165, 1.54) is 6.07 Å². The predicted molar refractivity (Wildman–Crippen MR) is 165 cm³/mol. The molecule has 0 atom stereocenters. The number of fused-ring (bicyclic) bond motifs is 1. The van der Waals surface area contributed by atoms with E-state index in [2.05, 4.69) is 5.32 Å². The molecular weight excluding hydrogens is 611 g/mol. The number of ether oxygens (including phenoxy) is 1. The van der Waals surface area contributed by atoms with E-state index in [0.29, 0.717) is 56.5 Å². The van der Waals surface area contributed by atoms with Gasteiger partial charge in [0.05, 0.1) is 5.56 Å². The second-order valence-electron chi connectivity index (χ2n) is 12.3. The summed E-state index contributed by atoms with van der Waals surface area (Å²) in [5, 5.41) is 3.25. The second-order valence-corrected chi connectivity index (χ2v) is 12.3. The fourth-order valence-electron chi connectivity index (χ4n) is 5.29. The van der Waals surface area contributed by atoms with Crippen molar-refractivity contribution in [3.05, 3.63) is 70.0 Å². The van der Waals surface area contributed by atoms with Gasteiger partial charge < -0.3 is 15.0 Å². The van der Waals surface area contributed by atoms with Gasteiger partial charge in [0.15, 0.2) is 23.2 Å². The molecule has 12 heteroatoms. The molecule has 2 aliphatic heterocycles. The van der Waals surface area contributed by atoms with Gasteiger partial charge in [-0.05, 0) is 83.2 Å². The van der Waals surface area contributed by atoms with Crippen molar-refractivity contribution in [3.63, 3.8) is 0 Å². The third-order valence-electron chi connectivity index (χ3n) is 7.56. The number of benzene rings is 2. The van der Waals surface area contributed by atoms with Crippen molar-refractivity contribution in [2.24, 2.45) is 5.41 Å². The number of hydrogen-bond donors (Lipinski definition) is 1. The molecule has 46 heavy (non-hydrogen) atoms. The average molecular weight is 657 g/mol. The third kappa shape index (κ3) is 11.0. The van der Waals surface area contributed by atoms with Crippen LogP contribution in [0, 0.1) is 34.5 Å². The smallest absolute Gasteiger partial charge is 0.410 e. The molecule has 1 N–H and O–H groups in total. The lowest BCUT2D eigenvalue weighted by molar-refractivity contribution is -0.121. The number of carbonyl (C=O) groups is 4. The number of nitrogens with one attached hydrogen (secondary N) is 1. The number of ketones is 3. The Morgan fingerprint density at radius 2 is 1.39 bits per heavy atom. The molecular formula is C34H45F5N2O5. The van der Waals surface area contributed by atoms with Crippen molar-refractivity contribution in [1.29, 1.82) is 0 Å². The lowest BCUT2D eigenvalue weighted by Crippen LogP contribution is -2.42. The lowest BCUT2D eigenvalue weighted by Gasteiger charge is -2.40. The van der Waals surface area contributed by atoms with Gasteiger partial charge in [-0.25, -0.2) is 26.7 Å². The molecule has 0 bridgehead atoms. The highest BCUT2D eigenvalue weighted by atomic mass is 19.2. The molecule has 1 amide bonds. The zero-order chi connectivity index (χ0) is 32.8. The van der Waals surface area contributed by atoms with Crippen LogP contribution in [0.3, 0.4) is 0 Å². The summed E-state index contributed by atoms with van der Waals surface area (Å²) < 4.78 is 69.7. The van der Waals surface area contributed by atoms with Gasteiger partial charge in [0.1, 0.15) is 28.8 Å². The standard InChI is InChI=1S/C14H15F2NO.C10H17NO3.C8H5F3O.2CH4/c15-9-5-10-11(12(16)6-9)7-14(8-13(10)18)1-3-17-4-2-14;1-10(2,3)14-9(13)11-6-4-8(12)5-7-11;1-4(12)6-2-5(9)3-7(10)8(6)11;;/h5-6,17H,1-4,7-8H2;4-7H2,1-3H3;2-3H,1H3;2*1H4. The predicted octanol–water partition coefficient (Wildman–Crippen LogP) is 7.63. The maximum atomic E-state index is 13.8. The highest BCUT2D eigenvalue weighted by Crippen LogP contribution is 2.43. The largest absolute Gasteiger partial charge is 0.444 e. The molecule has 0 unspecified atom stereocenters. The summed E-state index contributed by atoms with van der Waals surface area (Å²) in [4.78, 5) is 46.7. The van der Waals surface area contributed by atoms with Gasteiger partial charge in [0, 0.05) is 50.0 Å². The summed E-state index contributed by atoms with van der Waals surface area (Å²) in [7, 11) is 0. The Morgan fingerprint density at radius 1 is 0.848 bits per heavy atom. The van der Waals surface area contributed by atoms with E-state index in [0.717, 1.165) is 38.9 Å². The van der Waals surface area contributed by atoms with E-state index < -0.39 is 46.0 Å². The molecule has 7 nitrogen and oxygen atoms in total. The Balaban J connectivity index is 0.000000346. The number of amides is 1. The van der Waals surface area contributed by atoms with Crippen molar-refractivity contribution in [2.45, 2.75) is 86.7 Å². The van der Waals surface area contributed by atoms with Crippen LogP contribution in [-0.2, 0) is 16.0 Å². The summed E-state index contributed by atoms with van der Waals surface area (Å²) in [6, 6.07) is 3.11. The average Bonchev–Trinajstić information content (AvgIpc) is 2.92. The van der Waals surface area contributed by atoms with E-state index >= 15 is 0 Å². The Labute approximate surface area is 267 Å². The number of carbonyl (C=O) groups excluding carboxylic acids is 4. The van der Waals surface area contributed by atoms with Gasteiger partial charge in [-0.2, -0.15) is 0 Å². The van der Waals surface area contributed by atoms with Crippen molar-refractivity contribution in [3.8, 4) is 0 Å². The fraction of sp³-hybridized carbons (Fsp3) is 0.529. The SMILES string of the molecule is C.C.CC(=O)c1cc(F)cc(F)c1F.CC(C)(C)OC(=O)N1CCC(=O)CC1.O=C1CC2(CCNCC2)Cc2c(F)cc(F)cc21. The third-order valence-corrected chi connectivity index (χ3v) is 7.56. The molecule has 2 aromatic rings. The van der Waals surface area contributed by atoms with Gasteiger partial charge in [0.25, 0.3) is 0 Å². The Bertz CT molecular complexity index is 1410. The maximum absolute atomic E-state index is 13.8. The lowest BCUT2D eigenvalue weighted by atomic mass is 9.66. The molecule has 2 heterocycles. The Hall–Kier alpha value is -3.67. The van der Waals surface area contributed by atoms with Crippen molar-refractivity contribution >= 4 is 23.4 Å². The van der Waals surface area contributed by atoms with E-state index in [9.17, 15) is 41.1 Å². The number of piperidine rings is 2. The topological polar surface area (TPSA) is 92.8 Å². The van der Waals surface area contributed by atoms with E-state index in [-0.39, 0.29) is 43.5 Å². The summed E-state index contributed by atoms with van der Waals surface area (Å²) in [5.41, 5.74) is -0.481. The van der Waals surface area contributed by atoms with Crippen LogP contribution < -0.4 is 5.32 Å². The monoisotopic (exact) mass is 656 g/mol. The first kappa shape index (κ1) is 40.4. The summed E-state index contributed by atoms with van der Waals surface area (Å²) >= 11 is 0. The first-order valence-electron chi connectivity index (χ1n) is 14.4. The highest BCUT2D eigenvalue weighted by Gasteiger charge is 2.40. The first-order valence-corrected chi connectivity index (χ1v) is 14.4. The molecule has 5 rings (SSSR count). The molecule has 0 aromatic heterocycles. The Kier molecular flexibility index (Phi) is 14.7. The number of nitrogens with zero attached hydrogens (tertiary/aromatic N) is 1. The quantitative estimate of drug-likeness (QED) is 0.193. The van der Waals surface area contributed by atoms with Gasteiger partial charge in [-0.1, -0.05) is 14.9 Å². The molecule has 2 fully saturated rings. The molecule has 3 aliphatic rings. The molecule has 1 aliphatic carbocycles. The van der Waals surface area contributed by atoms with Crippen LogP contribution in [0.4, 0.5) is 26.7 Å². The van der Waals surface area contributed by atoms with Crippen molar-refractivity contribution in [2.75, 3.05) is 26.2 Å². The normalized spacial score (nSPS) is 16.8. The molecule has 0 saturated carbocycles. The Morgan fingerprint density at radius 3 is 1.93 bits per heavy atom. The summed E-state index contributed by atoms with van der Waals surface area (Å²) in [6.45, 7) is 9.26. The molecule has 256 valence electrons. The second kappa shape index (κ2) is 16.8. The van der Waals surface area contributed by atoms with Crippen LogP contribution in [0.2, 0.25) is 0 Å². The zero-order valence-corrected chi connectivity index (χ0v) is 25.3. The van der Waals surface area contributed by atoms with Gasteiger partial charge >= 0.3 is 6.09 Å². The number of halogens is 5. The number of likely N-dealkylation sites (tertiary alicyclic amines) is 1. The number of rotatable bonds is 1. The molecule has 2 saturated heterocycles. The maximum Gasteiger partial charge on any atom is 0.410 e. The number of hydrogen-bond acceptors (Lipinski definition) is 6. The highest BCUT2D eigenvalue weighted by molar-refractivity contribution is 5.99. The van der Waals surface area contributed by atoms with Crippen LogP contribution in [0.25, 0.3) is 0 Å². The van der Waals surface area contributed by atoms with Crippen LogP contribution in [-0.4, -0.2) is 60.1 Å². The van der Waals surface area contributed by atoms with Crippen LogP contribution in [0.1, 0.15) is 101 Å². The molecule has 2 aromatic carbocycles. The van der Waals surface area contributed by atoms with Gasteiger partial charge in [-0.3, -0.25) is 14.4 Å². The van der Waals surface area contributed by atoms with Crippen molar-refractivity contribution < 1.29 is 45.9 Å². The zero-order valence-electron chi connectivity index (χ0n) is 25.3. The van der Waals surface area contributed by atoms with E-state index in [1.807, 2.05) is 20.8 Å². The molecule has 1 spiro atoms. The summed E-state index contributed by atoms with van der Waals surface area (Å²) in [6.07, 6.45) is 3.35. The van der Waals surface area contributed by atoms with E-state index in [4.69, 9.17) is 4.74 Å². The number of Topliss-reactive ketones (excluding diaryl/α,β-unsaturated/α-hetero) is 3. The van der Waals surface area contributed by atoms with E-state index in [1.54, 1.807) is 4.90 Å². The van der Waals surface area contributed by atoms with Gasteiger partial charge in [0.2, 0.25) is 0 Å². The first-order chi connectivity index (χ1) is 20.5. The van der Waals surface area contributed by atoms with Crippen LogP contribution >= 0.6 is 0 Å². The fourth-order valence-corrected chi connectivity index (χ4v) is 5.29. The van der Waals surface area contributed by atoms with Crippen molar-refractivity contribution in [1.82, 2.24) is 10.2 Å².